The minimum absolute atomic E-state index is 0.00277. The van der Waals surface area contributed by atoms with Crippen molar-refractivity contribution in [2.24, 2.45) is 10.9 Å². The van der Waals surface area contributed by atoms with Crippen molar-refractivity contribution in [3.63, 3.8) is 0 Å². The normalized spacial score (nSPS) is 11.8. The van der Waals surface area contributed by atoms with Gasteiger partial charge < -0.3 is 50.3 Å². The topological polar surface area (TPSA) is 336 Å². The average Bonchev–Trinajstić information content (AvgIpc) is 1.11. The van der Waals surface area contributed by atoms with Crippen LogP contribution in [0, 0.1) is 11.3 Å². The third-order valence-corrected chi connectivity index (χ3v) is 17.3. The molecule has 0 aliphatic carbocycles. The van der Waals surface area contributed by atoms with Crippen LogP contribution in [-0.2, 0) is 65.2 Å². The van der Waals surface area contributed by atoms with Crippen LogP contribution in [0.5, 0.6) is 11.5 Å². The summed E-state index contributed by atoms with van der Waals surface area (Å²) in [5.74, 6) is 0.427. The summed E-state index contributed by atoms with van der Waals surface area (Å²) in [5.41, 5.74) is 12.4. The van der Waals surface area contributed by atoms with Crippen LogP contribution in [0.2, 0.25) is 0 Å². The minimum Gasteiger partial charge on any atom is -0.484 e. The number of carbonyl (C=O) groups is 4. The number of nitrogens with one attached hydrogen (secondary N) is 4. The lowest BCUT2D eigenvalue weighted by Gasteiger charge is -2.25. The van der Waals surface area contributed by atoms with E-state index in [1.165, 1.54) is 62.6 Å². The van der Waals surface area contributed by atoms with E-state index < -0.39 is 32.2 Å². The Morgan fingerprint density at radius 3 is 1.30 bits per heavy atom. The predicted octanol–water partition coefficient (Wildman–Crippen LogP) is 8.95. The Morgan fingerprint density at radius 1 is 0.564 bits per heavy atom. The number of amidine groups is 1. The van der Waals surface area contributed by atoms with E-state index in [2.05, 4.69) is 35.2 Å². The predicted molar refractivity (Wildman–Crippen MR) is 353 cm³/mol. The molecule has 7 N–H and O–H groups in total. The van der Waals surface area contributed by atoms with Crippen molar-refractivity contribution in [1.29, 1.82) is 5.26 Å². The molecule has 0 saturated heterocycles. The summed E-state index contributed by atoms with van der Waals surface area (Å²) in [4.78, 5) is 61.2. The summed E-state index contributed by atoms with van der Waals surface area (Å²) in [7, 11) is -4.64. The zero-order valence-corrected chi connectivity index (χ0v) is 53.8. The number of hydrogen-bond donors (Lipinski definition) is 6. The first-order chi connectivity index (χ1) is 45.2. The van der Waals surface area contributed by atoms with Gasteiger partial charge in [-0.3, -0.25) is 29.0 Å². The average molecular weight is 1320 g/mol. The van der Waals surface area contributed by atoms with E-state index in [1.54, 1.807) is 132 Å². The van der Waals surface area contributed by atoms with E-state index in [9.17, 15) is 36.0 Å². The molecule has 6 aromatic carbocycles. The van der Waals surface area contributed by atoms with Gasteiger partial charge in [0.1, 0.15) is 24.7 Å². The van der Waals surface area contributed by atoms with Crippen molar-refractivity contribution in [1.82, 2.24) is 30.4 Å². The number of anilines is 2. The Kier molecular flexibility index (Phi) is 26.2. The summed E-state index contributed by atoms with van der Waals surface area (Å²) in [5, 5.41) is 25.7. The highest BCUT2D eigenvalue weighted by Gasteiger charge is 2.23. The van der Waals surface area contributed by atoms with Gasteiger partial charge in [0, 0.05) is 93.8 Å². The quantitative estimate of drug-likeness (QED) is 0.0110. The Bertz CT molecular complexity index is 4060. The first kappa shape index (κ1) is 70.4. The van der Waals surface area contributed by atoms with Crippen LogP contribution >= 0.6 is 0 Å². The Labute approximate surface area is 546 Å². The summed E-state index contributed by atoms with van der Waals surface area (Å²) in [6.45, 7) is 5.46. The highest BCUT2D eigenvalue weighted by molar-refractivity contribution is 7.93. The van der Waals surface area contributed by atoms with E-state index in [-0.39, 0.29) is 65.7 Å². The number of sulfonamides is 2. The van der Waals surface area contributed by atoms with Crippen LogP contribution < -0.4 is 35.3 Å². The number of rotatable bonds is 29. The van der Waals surface area contributed by atoms with Crippen LogP contribution in [0.3, 0.4) is 0 Å². The fraction of sp³-hybridized carbons (Fsp3) is 0.235. The third-order valence-electron chi connectivity index (χ3n) is 14.5. The van der Waals surface area contributed by atoms with Crippen molar-refractivity contribution in [3.05, 3.63) is 239 Å². The van der Waals surface area contributed by atoms with E-state index in [1.807, 2.05) is 44.2 Å². The van der Waals surface area contributed by atoms with E-state index >= 15 is 0 Å². The van der Waals surface area contributed by atoms with Gasteiger partial charge in [-0.1, -0.05) is 79.7 Å². The molecule has 8 rings (SSSR count). The molecule has 94 heavy (non-hydrogen) atoms. The molecule has 24 nitrogen and oxygen atoms in total. The van der Waals surface area contributed by atoms with Gasteiger partial charge in [0.2, 0.25) is 0 Å². The molecule has 0 radical (unpaired) electrons. The van der Waals surface area contributed by atoms with E-state index in [4.69, 9.17) is 35.2 Å². The van der Waals surface area contributed by atoms with E-state index in [0.717, 1.165) is 33.4 Å². The number of oxime groups is 1. The van der Waals surface area contributed by atoms with Crippen molar-refractivity contribution in [2.45, 2.75) is 61.5 Å². The number of likely N-dealkylation sites (N-methyl/N-ethyl adjacent to an activating group) is 2. The zero-order valence-electron chi connectivity index (χ0n) is 52.1. The molecule has 8 aromatic rings. The molecule has 2 heterocycles. The summed E-state index contributed by atoms with van der Waals surface area (Å²) in [6.07, 6.45) is 7.00. The summed E-state index contributed by atoms with van der Waals surface area (Å²) in [6, 6.07) is 48.6. The number of pyridine rings is 2. The second-order valence-electron chi connectivity index (χ2n) is 21.3. The largest absolute Gasteiger partial charge is 0.484 e. The lowest BCUT2D eigenvalue weighted by Crippen LogP contribution is -2.36. The van der Waals surface area contributed by atoms with Crippen LogP contribution in [0.4, 0.5) is 21.0 Å². The van der Waals surface area contributed by atoms with Gasteiger partial charge in [0.25, 0.3) is 31.9 Å². The molecule has 2 atom stereocenters. The molecule has 0 aliphatic heterocycles. The number of nitriles is 1. The maximum Gasteiger partial charge on any atom is 0.410 e. The third kappa shape index (κ3) is 22.1. The van der Waals surface area contributed by atoms with Gasteiger partial charge in [-0.2, -0.15) is 5.26 Å². The molecule has 0 bridgehead atoms. The number of hydrogen-bond acceptors (Lipinski definition) is 17. The molecule has 0 spiro atoms. The molecular formula is C68H73N11O13S2. The lowest BCUT2D eigenvalue weighted by atomic mass is 10.0. The van der Waals surface area contributed by atoms with Crippen LogP contribution in [0.15, 0.2) is 210 Å². The minimum atomic E-state index is -3.88. The van der Waals surface area contributed by atoms with Gasteiger partial charge in [-0.05, 0) is 155 Å². The van der Waals surface area contributed by atoms with E-state index in [0.29, 0.717) is 73.0 Å². The summed E-state index contributed by atoms with van der Waals surface area (Å²) >= 11 is 0. The van der Waals surface area contributed by atoms with Crippen LogP contribution in [0.1, 0.15) is 70.2 Å². The first-order valence-corrected chi connectivity index (χ1v) is 32.5. The number of nitrogens with two attached hydrogens (primary N) is 1. The molecule has 4 amide bonds. The van der Waals surface area contributed by atoms with Crippen LogP contribution in [-0.4, -0.2) is 125 Å². The fourth-order valence-corrected chi connectivity index (χ4v) is 11.1. The van der Waals surface area contributed by atoms with Crippen molar-refractivity contribution >= 4 is 61.3 Å². The number of ether oxygens (including phenoxy) is 4. The van der Waals surface area contributed by atoms with Gasteiger partial charge >= 0.3 is 12.2 Å². The molecule has 0 fully saturated rings. The molecule has 0 aliphatic rings. The molecule has 490 valence electrons. The highest BCUT2D eigenvalue weighted by atomic mass is 32.2. The molecule has 26 heteroatoms. The van der Waals surface area contributed by atoms with Gasteiger partial charge in [-0.15, -0.1) is 0 Å². The molecule has 0 unspecified atom stereocenters. The van der Waals surface area contributed by atoms with Gasteiger partial charge in [-0.25, -0.2) is 26.4 Å². The van der Waals surface area contributed by atoms with Gasteiger partial charge in [0.05, 0.1) is 21.4 Å². The smallest absolute Gasteiger partial charge is 0.410 e. The van der Waals surface area contributed by atoms with Crippen molar-refractivity contribution in [3.8, 4) is 17.6 Å². The number of carbonyl (C=O) groups excluding carboxylic acids is 4. The maximum absolute atomic E-state index is 13.3. The molecular weight excluding hydrogens is 1240 g/mol. The highest BCUT2D eigenvalue weighted by Crippen LogP contribution is 2.24. The SMILES string of the molecule is CNC(=O)COc1ccc(COC(=O)N(CCc2ccc(NS(=O)(=O)c3ccc(/C(N)=N\O)cc3)cc2)C[C@H](C)c2cccnc2)cc1.CNC(=O)COc1ccc(COC(=O)N(CCc2ccc(NS(=O)(=O)c3ccc(C#N)cc3)cc2)C[C@H](C)c2cccnc2)cc1. The summed E-state index contributed by atoms with van der Waals surface area (Å²) < 4.78 is 78.6. The standard InChI is InChI=1S/C34H38N6O7S.C34H35N5O6S/c1-24(28-4-3-18-37-20-28)21-40(34(42)47-22-26-7-13-30(14-8-26)46-23-32(41)36-2)19-17-25-5-11-29(12-6-25)39-48(44,45)31-15-9-27(10-16-31)33(35)38-43;1-25(29-4-3-18-37-21-29)22-39(34(41)45-23-28-7-13-31(14-8-28)44-24-33(40)36-2)19-17-26-5-11-30(12-6-26)38-46(42,43)32-15-9-27(20-35)10-16-32/h3-16,18,20,24,39,43H,17,19,21-23H2,1-2H3,(H2,35,38)(H,36,41);3-16,18,21,25,38H,17,19,22-24H2,1-2H3,(H,36,40)/t24-;25-/m00/s1. The second-order valence-corrected chi connectivity index (χ2v) is 24.7. The molecule has 2 aromatic heterocycles. The zero-order chi connectivity index (χ0) is 67.5. The molecule has 0 saturated carbocycles. The number of nitrogens with zero attached hydrogens (tertiary/aromatic N) is 6. The Hall–Kier alpha value is -11.0. The Balaban J connectivity index is 0.000000266. The number of amides is 4. The fourth-order valence-electron chi connectivity index (χ4n) is 9.01. The van der Waals surface area contributed by atoms with Crippen molar-refractivity contribution in [2.75, 3.05) is 62.9 Å². The van der Waals surface area contributed by atoms with Gasteiger partial charge in [0.15, 0.2) is 19.0 Å². The second kappa shape index (κ2) is 35.0. The Morgan fingerprint density at radius 2 is 0.947 bits per heavy atom. The number of benzene rings is 6. The lowest BCUT2D eigenvalue weighted by molar-refractivity contribution is -0.123. The number of aromatic nitrogens is 2. The maximum atomic E-state index is 13.3. The first-order valence-electron chi connectivity index (χ1n) is 29.5. The van der Waals surface area contributed by atoms with Crippen LogP contribution in [0.25, 0.3) is 0 Å². The monoisotopic (exact) mass is 1320 g/mol. The van der Waals surface area contributed by atoms with Crippen molar-refractivity contribution < 1.29 is 60.2 Å².